The zero-order valence-corrected chi connectivity index (χ0v) is 15.6. The van der Waals surface area contributed by atoms with Crippen LogP contribution in [0.1, 0.15) is 67.4 Å². The molecular weight excluding hydrogens is 308 g/mol. The molecule has 0 fully saturated rings. The molecule has 2 aromatic rings. The predicted molar refractivity (Wildman–Crippen MR) is 94.2 cm³/mol. The molecular formula is C17H26N4OS. The fraction of sp³-hybridized carbons (Fsp3) is 0.588. The number of carbonyl (C=O) groups is 1. The van der Waals surface area contributed by atoms with E-state index in [0.717, 1.165) is 22.8 Å². The van der Waals surface area contributed by atoms with Crippen LogP contribution < -0.4 is 5.32 Å². The Bertz CT molecular complexity index is 679. The Hall–Kier alpha value is -1.69. The molecule has 0 bridgehead atoms. The highest BCUT2D eigenvalue weighted by Gasteiger charge is 2.23. The van der Waals surface area contributed by atoms with E-state index in [1.807, 2.05) is 23.1 Å². The molecule has 0 aliphatic heterocycles. The Kier molecular flexibility index (Phi) is 5.24. The number of nitrogens with one attached hydrogen (secondary N) is 1. The SMILES string of the molecule is Cc1nc(CCNC(=O)c2cc(C(C)C)n(C(C)(C)C)n2)cs1. The summed E-state index contributed by atoms with van der Waals surface area (Å²) in [6.07, 6.45) is 0.743. The predicted octanol–water partition coefficient (Wildman–Crippen LogP) is 3.50. The van der Waals surface area contributed by atoms with Crippen molar-refractivity contribution in [2.75, 3.05) is 6.54 Å². The molecule has 0 atom stereocenters. The van der Waals surface area contributed by atoms with Crippen LogP contribution in [-0.2, 0) is 12.0 Å². The van der Waals surface area contributed by atoms with Gasteiger partial charge in [-0.25, -0.2) is 4.98 Å². The van der Waals surface area contributed by atoms with Gasteiger partial charge in [0.1, 0.15) is 5.69 Å². The molecule has 0 radical (unpaired) electrons. The minimum atomic E-state index is -0.143. The number of aromatic nitrogens is 3. The highest BCUT2D eigenvalue weighted by atomic mass is 32.1. The zero-order valence-electron chi connectivity index (χ0n) is 14.8. The Balaban J connectivity index is 2.04. The van der Waals surface area contributed by atoms with Gasteiger partial charge in [0.15, 0.2) is 0 Å². The van der Waals surface area contributed by atoms with Gasteiger partial charge in [0.2, 0.25) is 0 Å². The molecule has 1 N–H and O–H groups in total. The van der Waals surface area contributed by atoms with Gasteiger partial charge in [-0.15, -0.1) is 11.3 Å². The van der Waals surface area contributed by atoms with Crippen molar-refractivity contribution in [1.82, 2.24) is 20.1 Å². The second-order valence-electron chi connectivity index (χ2n) is 7.06. The van der Waals surface area contributed by atoms with Crippen molar-refractivity contribution >= 4 is 17.2 Å². The maximum absolute atomic E-state index is 12.4. The summed E-state index contributed by atoms with van der Waals surface area (Å²) < 4.78 is 1.95. The number of hydrogen-bond acceptors (Lipinski definition) is 4. The topological polar surface area (TPSA) is 59.8 Å². The third-order valence-corrected chi connectivity index (χ3v) is 4.35. The molecule has 5 nitrogen and oxygen atoms in total. The molecule has 0 aromatic carbocycles. The lowest BCUT2D eigenvalue weighted by atomic mass is 10.1. The Morgan fingerprint density at radius 1 is 1.39 bits per heavy atom. The van der Waals surface area contributed by atoms with Gasteiger partial charge in [-0.2, -0.15) is 5.10 Å². The fourth-order valence-electron chi connectivity index (χ4n) is 2.37. The average molecular weight is 334 g/mol. The largest absolute Gasteiger partial charge is 0.350 e. The first-order chi connectivity index (χ1) is 10.7. The first-order valence-electron chi connectivity index (χ1n) is 7.98. The summed E-state index contributed by atoms with van der Waals surface area (Å²) in [5, 5.41) is 10.5. The molecule has 0 saturated carbocycles. The molecule has 126 valence electrons. The van der Waals surface area contributed by atoms with Crippen LogP contribution in [0, 0.1) is 6.92 Å². The fourth-order valence-corrected chi connectivity index (χ4v) is 3.02. The van der Waals surface area contributed by atoms with Gasteiger partial charge in [-0.05, 0) is 39.7 Å². The van der Waals surface area contributed by atoms with Crippen LogP contribution in [-0.4, -0.2) is 27.2 Å². The third kappa shape index (κ3) is 4.41. The van der Waals surface area contributed by atoms with Gasteiger partial charge in [0.05, 0.1) is 16.2 Å². The zero-order chi connectivity index (χ0) is 17.2. The van der Waals surface area contributed by atoms with Gasteiger partial charge >= 0.3 is 0 Å². The minimum Gasteiger partial charge on any atom is -0.350 e. The Labute approximate surface area is 142 Å². The normalized spacial score (nSPS) is 12.0. The Morgan fingerprint density at radius 2 is 2.09 bits per heavy atom. The summed E-state index contributed by atoms with van der Waals surface area (Å²) in [5.74, 6) is 0.197. The smallest absolute Gasteiger partial charge is 0.271 e. The van der Waals surface area contributed by atoms with E-state index in [4.69, 9.17) is 0 Å². The number of carbonyl (C=O) groups excluding carboxylic acids is 1. The quantitative estimate of drug-likeness (QED) is 0.910. The molecule has 0 spiro atoms. The van der Waals surface area contributed by atoms with Gasteiger partial charge < -0.3 is 5.32 Å². The maximum atomic E-state index is 12.4. The van der Waals surface area contributed by atoms with Crippen molar-refractivity contribution in [3.63, 3.8) is 0 Å². The van der Waals surface area contributed by atoms with E-state index in [-0.39, 0.29) is 11.4 Å². The van der Waals surface area contributed by atoms with Crippen molar-refractivity contribution in [2.45, 2.75) is 59.4 Å². The van der Waals surface area contributed by atoms with Crippen LogP contribution in [0.25, 0.3) is 0 Å². The third-order valence-electron chi connectivity index (χ3n) is 3.53. The van der Waals surface area contributed by atoms with Crippen molar-refractivity contribution in [2.24, 2.45) is 0 Å². The molecule has 0 aliphatic carbocycles. The summed E-state index contributed by atoms with van der Waals surface area (Å²) in [4.78, 5) is 16.8. The lowest BCUT2D eigenvalue weighted by Crippen LogP contribution is -2.28. The van der Waals surface area contributed by atoms with E-state index in [2.05, 4.69) is 50.0 Å². The number of aryl methyl sites for hydroxylation is 1. The van der Waals surface area contributed by atoms with Crippen LogP contribution in [0.5, 0.6) is 0 Å². The van der Waals surface area contributed by atoms with Crippen molar-refractivity contribution < 1.29 is 4.79 Å². The van der Waals surface area contributed by atoms with Crippen LogP contribution in [0.3, 0.4) is 0 Å². The molecule has 23 heavy (non-hydrogen) atoms. The number of amides is 1. The minimum absolute atomic E-state index is 0.123. The van der Waals surface area contributed by atoms with Gasteiger partial charge in [-0.3, -0.25) is 9.48 Å². The summed E-state index contributed by atoms with van der Waals surface area (Å²) in [5.41, 5.74) is 2.45. The average Bonchev–Trinajstić information content (AvgIpc) is 3.04. The van der Waals surface area contributed by atoms with Crippen LogP contribution in [0.15, 0.2) is 11.4 Å². The number of nitrogens with zero attached hydrogens (tertiary/aromatic N) is 3. The van der Waals surface area contributed by atoms with Gasteiger partial charge in [-0.1, -0.05) is 13.8 Å². The molecule has 2 heterocycles. The summed E-state index contributed by atoms with van der Waals surface area (Å²) in [6, 6.07) is 1.90. The Morgan fingerprint density at radius 3 is 2.57 bits per heavy atom. The second kappa shape index (κ2) is 6.83. The van der Waals surface area contributed by atoms with Crippen molar-refractivity contribution in [3.05, 3.63) is 33.5 Å². The number of thiazole rings is 1. The molecule has 2 rings (SSSR count). The lowest BCUT2D eigenvalue weighted by molar-refractivity contribution is 0.0947. The molecule has 0 unspecified atom stereocenters. The lowest BCUT2D eigenvalue weighted by Gasteiger charge is -2.23. The van der Waals surface area contributed by atoms with E-state index in [1.165, 1.54) is 0 Å². The van der Waals surface area contributed by atoms with Crippen LogP contribution >= 0.6 is 11.3 Å². The maximum Gasteiger partial charge on any atom is 0.271 e. The van der Waals surface area contributed by atoms with Crippen LogP contribution in [0.2, 0.25) is 0 Å². The molecule has 1 amide bonds. The molecule has 0 saturated heterocycles. The number of rotatable bonds is 5. The highest BCUT2D eigenvalue weighted by molar-refractivity contribution is 7.09. The standard InChI is InChI=1S/C17H26N4OS/c1-11(2)15-9-14(20-21(15)17(4,5)6)16(22)18-8-7-13-10-23-12(3)19-13/h9-11H,7-8H2,1-6H3,(H,18,22). The first-order valence-corrected chi connectivity index (χ1v) is 8.86. The monoisotopic (exact) mass is 334 g/mol. The van der Waals surface area contributed by atoms with Crippen molar-refractivity contribution in [3.8, 4) is 0 Å². The highest BCUT2D eigenvalue weighted by Crippen LogP contribution is 2.23. The molecule has 2 aromatic heterocycles. The van der Waals surface area contributed by atoms with Crippen LogP contribution in [0.4, 0.5) is 0 Å². The van der Waals surface area contributed by atoms with E-state index in [1.54, 1.807) is 11.3 Å². The molecule has 6 heteroatoms. The first kappa shape index (κ1) is 17.7. The van der Waals surface area contributed by atoms with Gasteiger partial charge in [0.25, 0.3) is 5.91 Å². The summed E-state index contributed by atoms with van der Waals surface area (Å²) in [7, 11) is 0. The number of hydrogen-bond donors (Lipinski definition) is 1. The van der Waals surface area contributed by atoms with Crippen molar-refractivity contribution in [1.29, 1.82) is 0 Å². The second-order valence-corrected chi connectivity index (χ2v) is 8.12. The summed E-state index contributed by atoms with van der Waals surface area (Å²) in [6.45, 7) is 13.1. The molecule has 0 aliphatic rings. The van der Waals surface area contributed by atoms with E-state index >= 15 is 0 Å². The van der Waals surface area contributed by atoms with E-state index in [9.17, 15) is 4.79 Å². The summed E-state index contributed by atoms with van der Waals surface area (Å²) >= 11 is 1.63. The van der Waals surface area contributed by atoms with E-state index in [0.29, 0.717) is 18.2 Å². The van der Waals surface area contributed by atoms with Gasteiger partial charge in [0, 0.05) is 24.0 Å². The van der Waals surface area contributed by atoms with E-state index < -0.39 is 0 Å².